The molecular formula is C31H33ClN2O5. The Bertz CT molecular complexity index is 1310. The Morgan fingerprint density at radius 1 is 1.23 bits per heavy atom. The molecule has 3 aliphatic rings. The van der Waals surface area contributed by atoms with E-state index in [1.165, 1.54) is 6.92 Å². The Kier molecular flexibility index (Phi) is 8.63. The topological polar surface area (TPSA) is 81.1 Å². The third kappa shape index (κ3) is 6.68. The number of nitrogens with zero attached hydrogens (tertiary/aromatic N) is 2. The fraction of sp³-hybridized carbons (Fsp3) is 0.355. The lowest BCUT2D eigenvalue weighted by molar-refractivity contribution is -0.142. The van der Waals surface area contributed by atoms with Crippen molar-refractivity contribution in [1.82, 2.24) is 9.88 Å². The second-order valence-corrected chi connectivity index (χ2v) is 10.4. The van der Waals surface area contributed by atoms with Crippen molar-refractivity contribution in [2.45, 2.75) is 37.9 Å². The molecule has 1 fully saturated rings. The lowest BCUT2D eigenvalue weighted by Gasteiger charge is -2.38. The van der Waals surface area contributed by atoms with E-state index in [0.29, 0.717) is 29.5 Å². The minimum Gasteiger partial charge on any atom is -0.463 e. The summed E-state index contributed by atoms with van der Waals surface area (Å²) in [6.07, 6.45) is 13.7. The number of ether oxygens (including phenoxy) is 3. The van der Waals surface area contributed by atoms with Crippen molar-refractivity contribution < 1.29 is 24.1 Å². The van der Waals surface area contributed by atoms with Crippen LogP contribution in [0.25, 0.3) is 5.57 Å². The Morgan fingerprint density at radius 2 is 2.03 bits per heavy atom. The summed E-state index contributed by atoms with van der Waals surface area (Å²) in [5, 5.41) is 11.9. The van der Waals surface area contributed by atoms with E-state index in [-0.39, 0.29) is 25.3 Å². The molecule has 1 unspecified atom stereocenters. The van der Waals surface area contributed by atoms with Gasteiger partial charge in [-0.2, -0.15) is 0 Å². The predicted molar refractivity (Wildman–Crippen MR) is 150 cm³/mol. The van der Waals surface area contributed by atoms with E-state index in [0.717, 1.165) is 48.3 Å². The van der Waals surface area contributed by atoms with Gasteiger partial charge >= 0.3 is 5.97 Å². The molecule has 0 saturated carbocycles. The fourth-order valence-corrected chi connectivity index (χ4v) is 5.27. The van der Waals surface area contributed by atoms with Gasteiger partial charge < -0.3 is 24.2 Å². The highest BCUT2D eigenvalue weighted by Crippen LogP contribution is 2.37. The molecule has 3 heterocycles. The molecule has 39 heavy (non-hydrogen) atoms. The molecule has 204 valence electrons. The summed E-state index contributed by atoms with van der Waals surface area (Å²) in [7, 11) is 0. The summed E-state index contributed by atoms with van der Waals surface area (Å²) < 4.78 is 17.3. The number of carbonyl (C=O) groups is 1. The number of carbonyl (C=O) groups excluding carboxylic acids is 1. The van der Waals surface area contributed by atoms with Gasteiger partial charge in [-0.05, 0) is 66.8 Å². The summed E-state index contributed by atoms with van der Waals surface area (Å²) in [5.74, 6) is 0.919. The molecule has 1 atom stereocenters. The quantitative estimate of drug-likeness (QED) is 0.358. The normalized spacial score (nSPS) is 21.2. The zero-order valence-electron chi connectivity index (χ0n) is 22.0. The molecule has 8 heteroatoms. The average molecular weight is 549 g/mol. The second-order valence-electron chi connectivity index (χ2n) is 9.93. The molecule has 1 aliphatic carbocycles. The van der Waals surface area contributed by atoms with Crippen LogP contribution in [0.3, 0.4) is 0 Å². The molecule has 1 aromatic carbocycles. The van der Waals surface area contributed by atoms with Crippen molar-refractivity contribution >= 4 is 23.1 Å². The lowest BCUT2D eigenvalue weighted by atomic mass is 9.84. The Balaban J connectivity index is 1.27. The van der Waals surface area contributed by atoms with Gasteiger partial charge in [0.25, 0.3) is 0 Å². The van der Waals surface area contributed by atoms with Crippen molar-refractivity contribution in [3.05, 3.63) is 100 Å². The fourth-order valence-electron chi connectivity index (χ4n) is 5.14. The average Bonchev–Trinajstić information content (AvgIpc) is 3.09. The van der Waals surface area contributed by atoms with Gasteiger partial charge in [-0.1, -0.05) is 42.0 Å². The predicted octanol–water partition coefficient (Wildman–Crippen LogP) is 5.21. The minimum atomic E-state index is -0.811. The monoisotopic (exact) mass is 548 g/mol. The van der Waals surface area contributed by atoms with Gasteiger partial charge in [-0.15, -0.1) is 0 Å². The SMILES string of the molecule is CC(=O)OCCOC1C=CC=C2Oc3ncccc3C(=CCCN3CCC(O)(c4ccc(Cl)cc4)CC3)C=C21. The second kappa shape index (κ2) is 12.3. The standard InChI is InChI=1S/C31H33ClN2O5/c1-22(35)37-19-20-38-28-7-2-8-29-27(28)21-23(26-6-3-15-33-30(26)39-29)5-4-16-34-17-13-31(36,14-18-34)24-9-11-25(32)12-10-24/h2-3,5-12,15,21,28,36H,4,13-14,16-20H2,1H3. The first-order chi connectivity index (χ1) is 18.9. The van der Waals surface area contributed by atoms with E-state index >= 15 is 0 Å². The highest BCUT2D eigenvalue weighted by atomic mass is 35.5. The van der Waals surface area contributed by atoms with Crippen LogP contribution in [-0.2, 0) is 19.9 Å². The van der Waals surface area contributed by atoms with E-state index < -0.39 is 5.60 Å². The molecule has 2 aliphatic heterocycles. The molecule has 2 aromatic rings. The molecule has 0 radical (unpaired) electrons. The van der Waals surface area contributed by atoms with Gasteiger partial charge in [-0.25, -0.2) is 4.98 Å². The summed E-state index contributed by atoms with van der Waals surface area (Å²) >= 11 is 6.03. The van der Waals surface area contributed by atoms with Gasteiger partial charge in [0.2, 0.25) is 5.88 Å². The van der Waals surface area contributed by atoms with Crippen LogP contribution in [0.15, 0.2) is 84.3 Å². The van der Waals surface area contributed by atoms with Crippen LogP contribution in [0, 0.1) is 0 Å². The molecule has 1 aromatic heterocycles. The first kappa shape index (κ1) is 27.3. The number of pyridine rings is 1. The smallest absolute Gasteiger partial charge is 0.302 e. The molecule has 0 bridgehead atoms. The number of aromatic nitrogens is 1. The molecular weight excluding hydrogens is 516 g/mol. The van der Waals surface area contributed by atoms with Crippen LogP contribution in [-0.4, -0.2) is 59.9 Å². The maximum Gasteiger partial charge on any atom is 0.302 e. The van der Waals surface area contributed by atoms with Gasteiger partial charge in [0, 0.05) is 48.9 Å². The van der Waals surface area contributed by atoms with Gasteiger partial charge in [0.05, 0.1) is 12.2 Å². The van der Waals surface area contributed by atoms with Crippen LogP contribution in [0.1, 0.15) is 37.3 Å². The highest BCUT2D eigenvalue weighted by Gasteiger charge is 2.33. The number of hydrogen-bond acceptors (Lipinski definition) is 7. The van der Waals surface area contributed by atoms with Crippen LogP contribution in [0.4, 0.5) is 0 Å². The van der Waals surface area contributed by atoms with Gasteiger partial charge in [0.1, 0.15) is 18.5 Å². The third-order valence-electron chi connectivity index (χ3n) is 7.28. The number of allylic oxidation sites excluding steroid dienone is 4. The number of halogens is 1. The van der Waals surface area contributed by atoms with E-state index in [1.54, 1.807) is 6.20 Å². The molecule has 0 spiro atoms. The summed E-state index contributed by atoms with van der Waals surface area (Å²) in [5.41, 5.74) is 2.97. The Labute approximate surface area is 234 Å². The molecule has 7 nitrogen and oxygen atoms in total. The van der Waals surface area contributed by atoms with Gasteiger partial charge in [-0.3, -0.25) is 4.79 Å². The zero-order chi connectivity index (χ0) is 27.2. The van der Waals surface area contributed by atoms with E-state index in [2.05, 4.69) is 22.0 Å². The van der Waals surface area contributed by atoms with E-state index in [9.17, 15) is 9.90 Å². The summed E-state index contributed by atoms with van der Waals surface area (Å²) in [6.45, 7) is 4.38. The van der Waals surface area contributed by atoms with Crippen LogP contribution < -0.4 is 4.74 Å². The molecule has 5 rings (SSSR count). The number of piperidine rings is 1. The Morgan fingerprint density at radius 3 is 2.79 bits per heavy atom. The summed E-state index contributed by atoms with van der Waals surface area (Å²) in [6, 6.07) is 11.4. The van der Waals surface area contributed by atoms with Crippen LogP contribution >= 0.6 is 11.6 Å². The number of hydrogen-bond donors (Lipinski definition) is 1. The number of aliphatic hydroxyl groups is 1. The molecule has 1 N–H and O–H groups in total. The van der Waals surface area contributed by atoms with Crippen molar-refractivity contribution in [3.63, 3.8) is 0 Å². The van der Waals surface area contributed by atoms with Crippen molar-refractivity contribution in [2.24, 2.45) is 0 Å². The van der Waals surface area contributed by atoms with Crippen molar-refractivity contribution in [1.29, 1.82) is 0 Å². The number of likely N-dealkylation sites (tertiary alicyclic amines) is 1. The van der Waals surface area contributed by atoms with Crippen molar-refractivity contribution in [2.75, 3.05) is 32.8 Å². The van der Waals surface area contributed by atoms with Crippen LogP contribution in [0.5, 0.6) is 5.88 Å². The van der Waals surface area contributed by atoms with Crippen LogP contribution in [0.2, 0.25) is 5.02 Å². The van der Waals surface area contributed by atoms with Gasteiger partial charge in [0.15, 0.2) is 0 Å². The number of benzene rings is 1. The first-order valence-electron chi connectivity index (χ1n) is 13.3. The van der Waals surface area contributed by atoms with E-state index in [4.69, 9.17) is 25.8 Å². The number of esters is 1. The maximum atomic E-state index is 11.2. The molecule has 1 saturated heterocycles. The Hall–Kier alpha value is -3.23. The minimum absolute atomic E-state index is 0.195. The first-order valence-corrected chi connectivity index (χ1v) is 13.7. The third-order valence-corrected chi connectivity index (χ3v) is 7.54. The van der Waals surface area contributed by atoms with E-state index in [1.807, 2.05) is 54.6 Å². The zero-order valence-corrected chi connectivity index (χ0v) is 22.8. The number of fused-ring (bicyclic) bond motifs is 2. The summed E-state index contributed by atoms with van der Waals surface area (Å²) in [4.78, 5) is 18.0. The number of rotatable bonds is 8. The molecule has 0 amide bonds. The maximum absolute atomic E-state index is 11.2. The lowest BCUT2D eigenvalue weighted by Crippen LogP contribution is -2.42. The van der Waals surface area contributed by atoms with Crippen molar-refractivity contribution in [3.8, 4) is 5.88 Å². The largest absolute Gasteiger partial charge is 0.463 e. The highest BCUT2D eigenvalue weighted by molar-refractivity contribution is 6.30.